The van der Waals surface area contributed by atoms with Crippen LogP contribution in [0.2, 0.25) is 0 Å². The summed E-state index contributed by atoms with van der Waals surface area (Å²) in [5, 5.41) is 20.0. The molecule has 2 amide bonds. The summed E-state index contributed by atoms with van der Waals surface area (Å²) in [6, 6.07) is -1.37. The first kappa shape index (κ1) is 13.9. The highest BCUT2D eigenvalue weighted by atomic mass is 35.5. The van der Waals surface area contributed by atoms with Gasteiger partial charge in [0.1, 0.15) is 12.0 Å². The smallest absolute Gasteiger partial charge is 0.407 e. The van der Waals surface area contributed by atoms with E-state index in [2.05, 4.69) is 5.32 Å². The molecule has 1 aliphatic heterocycles. The SMILES string of the molecule is O=C(CCl)N[C@@H]1CN(C(=O)O)CC(F)(F)[C@@H]1O. The first-order valence-electron chi connectivity index (χ1n) is 4.67. The van der Waals surface area contributed by atoms with Gasteiger partial charge in [0, 0.05) is 6.54 Å². The fourth-order valence-corrected chi connectivity index (χ4v) is 1.64. The fraction of sp³-hybridized carbons (Fsp3) is 0.750. The molecule has 0 aromatic rings. The molecule has 0 bridgehead atoms. The normalized spacial score (nSPS) is 27.6. The summed E-state index contributed by atoms with van der Waals surface area (Å²) in [7, 11) is 0. The number of piperidine rings is 1. The highest BCUT2D eigenvalue weighted by Crippen LogP contribution is 2.27. The molecule has 2 atom stereocenters. The number of hydrogen-bond acceptors (Lipinski definition) is 3. The number of aliphatic hydroxyl groups is 1. The zero-order chi connectivity index (χ0) is 13.2. The number of alkyl halides is 3. The average Bonchev–Trinajstić information content (AvgIpc) is 2.23. The molecule has 9 heteroatoms. The Bertz CT molecular complexity index is 329. The van der Waals surface area contributed by atoms with Crippen molar-refractivity contribution in [3.8, 4) is 0 Å². The summed E-state index contributed by atoms with van der Waals surface area (Å²) in [5.41, 5.74) is 0. The van der Waals surface area contributed by atoms with Crippen molar-refractivity contribution in [1.82, 2.24) is 10.2 Å². The van der Waals surface area contributed by atoms with Crippen molar-refractivity contribution in [2.75, 3.05) is 19.0 Å². The molecule has 0 aromatic carbocycles. The van der Waals surface area contributed by atoms with Gasteiger partial charge < -0.3 is 20.4 Å². The minimum absolute atomic E-state index is 0.408. The summed E-state index contributed by atoms with van der Waals surface area (Å²) in [5.74, 6) is -4.82. The molecule has 0 spiro atoms. The molecule has 0 aromatic heterocycles. The third kappa shape index (κ3) is 3.16. The van der Waals surface area contributed by atoms with Crippen LogP contribution >= 0.6 is 11.6 Å². The second-order valence-electron chi connectivity index (χ2n) is 3.68. The number of halogens is 3. The maximum absolute atomic E-state index is 13.3. The molecular weight excluding hydrogens is 262 g/mol. The lowest BCUT2D eigenvalue weighted by Crippen LogP contribution is -2.65. The van der Waals surface area contributed by atoms with E-state index in [9.17, 15) is 23.5 Å². The number of aliphatic hydroxyl groups excluding tert-OH is 1. The Hall–Kier alpha value is -1.15. The van der Waals surface area contributed by atoms with E-state index in [-0.39, 0.29) is 0 Å². The second kappa shape index (κ2) is 5.01. The predicted molar refractivity (Wildman–Crippen MR) is 53.2 cm³/mol. The van der Waals surface area contributed by atoms with Gasteiger partial charge in [-0.25, -0.2) is 13.6 Å². The van der Waals surface area contributed by atoms with Crippen LogP contribution in [0.5, 0.6) is 0 Å². The van der Waals surface area contributed by atoms with Gasteiger partial charge in [-0.3, -0.25) is 4.79 Å². The van der Waals surface area contributed by atoms with E-state index >= 15 is 0 Å². The van der Waals surface area contributed by atoms with Gasteiger partial charge >= 0.3 is 6.09 Å². The molecule has 1 heterocycles. The largest absolute Gasteiger partial charge is 0.465 e. The van der Waals surface area contributed by atoms with Crippen LogP contribution < -0.4 is 5.32 Å². The molecular formula is C8H11ClF2N2O4. The Morgan fingerprint density at radius 1 is 1.53 bits per heavy atom. The van der Waals surface area contributed by atoms with Crippen molar-refractivity contribution >= 4 is 23.6 Å². The van der Waals surface area contributed by atoms with Crippen molar-refractivity contribution in [1.29, 1.82) is 0 Å². The zero-order valence-corrected chi connectivity index (χ0v) is 9.32. The first-order chi connectivity index (χ1) is 7.77. The molecule has 0 saturated carbocycles. The highest BCUT2D eigenvalue weighted by molar-refractivity contribution is 6.27. The van der Waals surface area contributed by atoms with Gasteiger partial charge in [-0.15, -0.1) is 11.6 Å². The van der Waals surface area contributed by atoms with Gasteiger partial charge in [-0.2, -0.15) is 0 Å². The van der Waals surface area contributed by atoms with Gasteiger partial charge in [-0.05, 0) is 0 Å². The minimum atomic E-state index is -3.61. The third-order valence-corrected chi connectivity index (χ3v) is 2.61. The van der Waals surface area contributed by atoms with Crippen molar-refractivity contribution in [3.05, 3.63) is 0 Å². The molecule has 17 heavy (non-hydrogen) atoms. The topological polar surface area (TPSA) is 89.9 Å². The molecule has 1 saturated heterocycles. The van der Waals surface area contributed by atoms with Gasteiger partial charge in [0.2, 0.25) is 5.91 Å². The Balaban J connectivity index is 2.80. The van der Waals surface area contributed by atoms with Crippen molar-refractivity contribution in [2.45, 2.75) is 18.1 Å². The Labute approximate surface area is 100 Å². The van der Waals surface area contributed by atoms with Crippen LogP contribution in [0.3, 0.4) is 0 Å². The lowest BCUT2D eigenvalue weighted by Gasteiger charge is -2.39. The van der Waals surface area contributed by atoms with E-state index in [1.54, 1.807) is 0 Å². The molecule has 0 unspecified atom stereocenters. The summed E-state index contributed by atoms with van der Waals surface area (Å²) in [6.45, 7) is -1.51. The number of carbonyl (C=O) groups is 2. The number of nitrogens with one attached hydrogen (secondary N) is 1. The van der Waals surface area contributed by atoms with Crippen LogP contribution in [0.1, 0.15) is 0 Å². The number of nitrogens with zero attached hydrogens (tertiary/aromatic N) is 1. The zero-order valence-electron chi connectivity index (χ0n) is 8.57. The van der Waals surface area contributed by atoms with Crippen LogP contribution in [0.25, 0.3) is 0 Å². The van der Waals surface area contributed by atoms with E-state index in [1.165, 1.54) is 0 Å². The van der Waals surface area contributed by atoms with E-state index in [0.29, 0.717) is 4.90 Å². The van der Waals surface area contributed by atoms with Crippen LogP contribution in [0.4, 0.5) is 13.6 Å². The Kier molecular flexibility index (Phi) is 4.10. The van der Waals surface area contributed by atoms with Crippen LogP contribution in [-0.4, -0.2) is 64.2 Å². The molecule has 6 nitrogen and oxygen atoms in total. The molecule has 1 rings (SSSR count). The van der Waals surface area contributed by atoms with Gasteiger partial charge in [0.05, 0.1) is 12.6 Å². The van der Waals surface area contributed by atoms with Crippen molar-refractivity contribution < 1.29 is 28.6 Å². The molecule has 1 fully saturated rings. The Morgan fingerprint density at radius 2 is 2.12 bits per heavy atom. The summed E-state index contributed by atoms with van der Waals surface area (Å²) in [4.78, 5) is 22.0. The molecule has 3 N–H and O–H groups in total. The standard InChI is InChI=1S/C8H11ClF2N2O4/c9-1-5(14)12-4-2-13(7(16)17)3-8(10,11)6(4)15/h4,6,15H,1-3H2,(H,12,14)(H,16,17)/t4-,6-/m1/s1. The quantitative estimate of drug-likeness (QED) is 0.602. The van der Waals surface area contributed by atoms with Crippen molar-refractivity contribution in [2.24, 2.45) is 0 Å². The van der Waals surface area contributed by atoms with E-state index in [1.807, 2.05) is 0 Å². The summed E-state index contributed by atoms with van der Waals surface area (Å²) in [6.07, 6.45) is -3.67. The number of carboxylic acid groups (broad SMARTS) is 1. The van der Waals surface area contributed by atoms with Gasteiger partial charge in [0.15, 0.2) is 0 Å². The van der Waals surface area contributed by atoms with Crippen LogP contribution in [-0.2, 0) is 4.79 Å². The van der Waals surface area contributed by atoms with Crippen LogP contribution in [0.15, 0.2) is 0 Å². The number of hydrogen-bond donors (Lipinski definition) is 3. The lowest BCUT2D eigenvalue weighted by molar-refractivity contribution is -0.159. The van der Waals surface area contributed by atoms with E-state index in [0.717, 1.165) is 0 Å². The summed E-state index contributed by atoms with van der Waals surface area (Å²) < 4.78 is 26.5. The Morgan fingerprint density at radius 3 is 2.59 bits per heavy atom. The number of amides is 2. The summed E-state index contributed by atoms with van der Waals surface area (Å²) >= 11 is 5.18. The lowest BCUT2D eigenvalue weighted by atomic mass is 9.99. The van der Waals surface area contributed by atoms with Gasteiger partial charge in [0.25, 0.3) is 5.92 Å². The minimum Gasteiger partial charge on any atom is -0.465 e. The highest BCUT2D eigenvalue weighted by Gasteiger charge is 2.50. The molecule has 0 radical (unpaired) electrons. The monoisotopic (exact) mass is 272 g/mol. The van der Waals surface area contributed by atoms with Gasteiger partial charge in [-0.1, -0.05) is 0 Å². The predicted octanol–water partition coefficient (Wildman–Crippen LogP) is -0.300. The molecule has 0 aliphatic carbocycles. The fourth-order valence-electron chi connectivity index (χ4n) is 1.56. The maximum Gasteiger partial charge on any atom is 0.407 e. The van der Waals surface area contributed by atoms with E-state index < -0.39 is 49.0 Å². The van der Waals surface area contributed by atoms with Crippen molar-refractivity contribution in [3.63, 3.8) is 0 Å². The second-order valence-corrected chi connectivity index (χ2v) is 3.94. The molecule has 1 aliphatic rings. The number of carbonyl (C=O) groups excluding carboxylic acids is 1. The maximum atomic E-state index is 13.3. The number of likely N-dealkylation sites (tertiary alicyclic amines) is 1. The average molecular weight is 273 g/mol. The number of rotatable bonds is 2. The third-order valence-electron chi connectivity index (χ3n) is 2.37. The van der Waals surface area contributed by atoms with E-state index in [4.69, 9.17) is 16.7 Å². The molecule has 98 valence electrons. The van der Waals surface area contributed by atoms with Crippen LogP contribution in [0, 0.1) is 0 Å². The first-order valence-corrected chi connectivity index (χ1v) is 5.20.